The van der Waals surface area contributed by atoms with Crippen molar-refractivity contribution in [2.75, 3.05) is 27.4 Å². The number of phenols is 1. The van der Waals surface area contributed by atoms with E-state index in [0.29, 0.717) is 0 Å². The number of carbonyl (C=O) groups excluding carboxylic acids is 2. The van der Waals surface area contributed by atoms with E-state index in [4.69, 9.17) is 42.3 Å². The van der Waals surface area contributed by atoms with Gasteiger partial charge in [0.1, 0.15) is 55.4 Å². The van der Waals surface area contributed by atoms with E-state index in [1.165, 1.54) is 32.2 Å². The number of methoxy groups -OCH3 is 2. The molecule has 0 saturated carbocycles. The highest BCUT2D eigenvalue weighted by atomic mass is 16.8. The largest absolute Gasteiger partial charge is 0.502 e. The molecule has 1 unspecified atom stereocenters. The van der Waals surface area contributed by atoms with Gasteiger partial charge in [-0.25, -0.2) is 9.59 Å². The number of esters is 2. The van der Waals surface area contributed by atoms with E-state index in [2.05, 4.69) is 0 Å². The SMILES string of the molecule is C/C=C1\C(CC(=O)OC[C@H]2O[C@@H](Oc3c(O)c(OC)cc4ccc(=O)oc34)[C@H](O)[C@@H](O)[C@@H]2O)C(C(=O)OC)=CO[C@H]1O[C@@H]1O[C@H](CO)[C@@H](O)[C@H](O)[C@H]1O. The number of fused-ring (bicyclic) bond motifs is 1. The number of aliphatic hydroxyl groups excluding tert-OH is 7. The number of allylic oxidation sites excluding steroid dienone is 1. The highest BCUT2D eigenvalue weighted by Gasteiger charge is 2.48. The lowest BCUT2D eigenvalue weighted by Gasteiger charge is -2.42. The molecule has 3 aliphatic heterocycles. The van der Waals surface area contributed by atoms with Crippen molar-refractivity contribution in [3.8, 4) is 17.2 Å². The van der Waals surface area contributed by atoms with Crippen molar-refractivity contribution in [2.24, 2.45) is 5.92 Å². The van der Waals surface area contributed by atoms with Gasteiger partial charge in [-0.1, -0.05) is 6.08 Å². The first-order valence-electron chi connectivity index (χ1n) is 16.2. The summed E-state index contributed by atoms with van der Waals surface area (Å²) >= 11 is 0. The Morgan fingerprint density at radius 3 is 2.21 bits per heavy atom. The number of phenolic OH excluding ortho intramolecular Hbond substituents is 1. The average Bonchev–Trinajstić information content (AvgIpc) is 3.15. The van der Waals surface area contributed by atoms with Crippen molar-refractivity contribution in [2.45, 2.75) is 81.0 Å². The monoisotopic (exact) mass is 756 g/mol. The van der Waals surface area contributed by atoms with Crippen molar-refractivity contribution in [1.29, 1.82) is 0 Å². The fourth-order valence-electron chi connectivity index (χ4n) is 6.01. The van der Waals surface area contributed by atoms with E-state index in [0.717, 1.165) is 19.4 Å². The van der Waals surface area contributed by atoms with E-state index < -0.39 is 122 Å². The Kier molecular flexibility index (Phi) is 12.6. The minimum Gasteiger partial charge on any atom is -0.502 e. The molecule has 0 bridgehead atoms. The van der Waals surface area contributed by atoms with Crippen LogP contribution < -0.4 is 15.1 Å². The molecule has 8 N–H and O–H groups in total. The number of hydrogen-bond acceptors (Lipinski definition) is 20. The molecule has 1 aromatic heterocycles. The topological polar surface area (TPSA) is 300 Å². The minimum absolute atomic E-state index is 0.104. The third kappa shape index (κ3) is 8.11. The number of aliphatic hydroxyl groups is 7. The Morgan fingerprint density at radius 2 is 1.57 bits per heavy atom. The van der Waals surface area contributed by atoms with E-state index in [1.807, 2.05) is 0 Å². The maximum absolute atomic E-state index is 13.3. The van der Waals surface area contributed by atoms with Crippen LogP contribution in [0.4, 0.5) is 0 Å². The van der Waals surface area contributed by atoms with Gasteiger partial charge in [-0.2, -0.15) is 0 Å². The van der Waals surface area contributed by atoms with Crippen molar-refractivity contribution in [3.63, 3.8) is 0 Å². The number of rotatable bonds is 11. The van der Waals surface area contributed by atoms with Gasteiger partial charge in [0, 0.05) is 22.9 Å². The second kappa shape index (κ2) is 16.8. The van der Waals surface area contributed by atoms with Crippen LogP contribution in [0.5, 0.6) is 17.2 Å². The number of carbonyl (C=O) groups is 2. The smallest absolute Gasteiger partial charge is 0.337 e. The predicted octanol–water partition coefficient (Wildman–Crippen LogP) is -2.58. The van der Waals surface area contributed by atoms with Crippen LogP contribution in [0.3, 0.4) is 0 Å². The standard InChI is InChI=1S/C33H40O20/c1-4-13-14(15(30(44)46-3)10-48-31(13)53-33-27(43)24(40)21(37)17(9-34)49-33)8-20(36)47-11-18-22(38)25(41)26(42)32(50-18)52-29-23(39)16(45-2)7-12-5-6-19(35)51-28(12)29/h4-7,10,14,17-18,21-22,24-27,31-34,37-43H,8-9,11H2,1-3H3/b13-4+/t14?,17-,18-,21-,22-,24+,25+,26-,27-,31+,32+,33+/m1/s1. The second-order valence-electron chi connectivity index (χ2n) is 12.2. The predicted molar refractivity (Wildman–Crippen MR) is 171 cm³/mol. The number of aromatic hydroxyl groups is 1. The van der Waals surface area contributed by atoms with Crippen molar-refractivity contribution in [1.82, 2.24) is 0 Å². The van der Waals surface area contributed by atoms with Crippen LogP contribution in [0.15, 0.2) is 50.9 Å². The Labute approximate surface area is 299 Å². The van der Waals surface area contributed by atoms with Crippen molar-refractivity contribution in [3.05, 3.63) is 52.1 Å². The molecule has 12 atom stereocenters. The molecular formula is C33H40O20. The summed E-state index contributed by atoms with van der Waals surface area (Å²) in [4.78, 5) is 37.9. The highest BCUT2D eigenvalue weighted by molar-refractivity contribution is 5.91. The molecule has 2 aromatic rings. The summed E-state index contributed by atoms with van der Waals surface area (Å²) in [5.74, 6) is -4.25. The fraction of sp³-hybridized carbons (Fsp3) is 0.545. The molecular weight excluding hydrogens is 716 g/mol. The number of benzene rings is 1. The van der Waals surface area contributed by atoms with E-state index in [9.17, 15) is 55.2 Å². The molecule has 0 amide bonds. The minimum atomic E-state index is -1.93. The van der Waals surface area contributed by atoms with Crippen LogP contribution in [0, 0.1) is 5.92 Å². The van der Waals surface area contributed by atoms with Crippen molar-refractivity contribution < 1.29 is 92.8 Å². The van der Waals surface area contributed by atoms with Crippen LogP contribution >= 0.6 is 0 Å². The maximum atomic E-state index is 13.3. The molecule has 0 aliphatic carbocycles. The summed E-state index contributed by atoms with van der Waals surface area (Å²) in [7, 11) is 2.34. The first-order chi connectivity index (χ1) is 25.2. The van der Waals surface area contributed by atoms with Gasteiger partial charge in [-0.15, -0.1) is 0 Å². The van der Waals surface area contributed by atoms with Crippen LogP contribution in [0.25, 0.3) is 11.0 Å². The molecule has 0 spiro atoms. The molecule has 53 heavy (non-hydrogen) atoms. The molecule has 4 heterocycles. The zero-order valence-corrected chi connectivity index (χ0v) is 28.4. The zero-order chi connectivity index (χ0) is 38.7. The lowest BCUT2D eigenvalue weighted by molar-refractivity contribution is -0.327. The summed E-state index contributed by atoms with van der Waals surface area (Å²) in [5.41, 5.74) is -1.07. The fourth-order valence-corrected chi connectivity index (χ4v) is 6.01. The number of hydrogen-bond donors (Lipinski definition) is 8. The second-order valence-corrected chi connectivity index (χ2v) is 12.2. The molecule has 0 radical (unpaired) electrons. The lowest BCUT2D eigenvalue weighted by Crippen LogP contribution is -2.60. The van der Waals surface area contributed by atoms with E-state index in [-0.39, 0.29) is 27.9 Å². The summed E-state index contributed by atoms with van der Waals surface area (Å²) < 4.78 is 48.5. The van der Waals surface area contributed by atoms with E-state index >= 15 is 0 Å². The number of ether oxygens (including phenoxy) is 8. The van der Waals surface area contributed by atoms with Gasteiger partial charge in [0.25, 0.3) is 0 Å². The van der Waals surface area contributed by atoms with Gasteiger partial charge in [0.05, 0.1) is 39.1 Å². The zero-order valence-electron chi connectivity index (χ0n) is 28.4. The molecule has 3 aliphatic rings. The molecule has 2 fully saturated rings. The van der Waals surface area contributed by atoms with Gasteiger partial charge in [0.2, 0.25) is 24.1 Å². The summed E-state index contributed by atoms with van der Waals surface area (Å²) in [6, 6.07) is 3.81. The van der Waals surface area contributed by atoms with E-state index in [1.54, 1.807) is 0 Å². The van der Waals surface area contributed by atoms with Gasteiger partial charge in [0.15, 0.2) is 17.6 Å². The van der Waals surface area contributed by atoms with Crippen LogP contribution in [0.1, 0.15) is 13.3 Å². The first-order valence-corrected chi connectivity index (χ1v) is 16.2. The Morgan fingerprint density at radius 1 is 0.906 bits per heavy atom. The summed E-state index contributed by atoms with van der Waals surface area (Å²) in [6.45, 7) is 0.0584. The normalized spacial score (nSPS) is 33.8. The lowest BCUT2D eigenvalue weighted by atomic mass is 9.86. The Bertz CT molecular complexity index is 1750. The first kappa shape index (κ1) is 39.8. The third-order valence-corrected chi connectivity index (χ3v) is 8.94. The molecule has 20 heteroatoms. The Hall–Kier alpha value is -4.35. The van der Waals surface area contributed by atoms with Crippen LogP contribution in [-0.2, 0) is 38.0 Å². The summed E-state index contributed by atoms with van der Waals surface area (Å²) in [5, 5.41) is 83.2. The molecule has 5 rings (SSSR count). The molecule has 292 valence electrons. The quantitative estimate of drug-likeness (QED) is 0.0663. The molecule has 2 saturated heterocycles. The van der Waals surface area contributed by atoms with Gasteiger partial charge in [-0.05, 0) is 19.1 Å². The van der Waals surface area contributed by atoms with Crippen LogP contribution in [0.2, 0.25) is 0 Å². The van der Waals surface area contributed by atoms with Crippen molar-refractivity contribution >= 4 is 22.9 Å². The van der Waals surface area contributed by atoms with Gasteiger partial charge >= 0.3 is 17.6 Å². The summed E-state index contributed by atoms with van der Waals surface area (Å²) in [6.07, 6.45) is -16.8. The molecule has 1 aromatic carbocycles. The highest BCUT2D eigenvalue weighted by Crippen LogP contribution is 2.43. The van der Waals surface area contributed by atoms with Crippen LogP contribution in [-0.4, -0.2) is 148 Å². The van der Waals surface area contributed by atoms with Gasteiger partial charge in [-0.3, -0.25) is 4.79 Å². The molecule has 20 nitrogen and oxygen atoms in total. The third-order valence-electron chi connectivity index (χ3n) is 8.94. The van der Waals surface area contributed by atoms with Gasteiger partial charge < -0.3 is 83.2 Å². The maximum Gasteiger partial charge on any atom is 0.337 e. The average molecular weight is 757 g/mol. The Balaban J connectivity index is 1.31.